The van der Waals surface area contributed by atoms with Crippen molar-refractivity contribution in [2.45, 2.75) is 51.4 Å². The summed E-state index contributed by atoms with van der Waals surface area (Å²) in [6.07, 6.45) is 0.946. The van der Waals surface area contributed by atoms with Crippen molar-refractivity contribution in [1.29, 1.82) is 0 Å². The molecule has 0 radical (unpaired) electrons. The highest BCUT2D eigenvalue weighted by molar-refractivity contribution is 5.87. The fraction of sp³-hybridized carbons (Fsp3) is 0.533. The first-order valence-electron chi connectivity index (χ1n) is 6.81. The third-order valence-electron chi connectivity index (χ3n) is 3.57. The Morgan fingerprint density at radius 2 is 1.75 bits per heavy atom. The molecule has 1 atom stereocenters. The Balaban J connectivity index is 2.05. The number of carbonyl (C=O) groups excluding carboxylic acids is 1. The van der Waals surface area contributed by atoms with Gasteiger partial charge >= 0.3 is 6.03 Å². The van der Waals surface area contributed by atoms with Gasteiger partial charge in [-0.2, -0.15) is 0 Å². The maximum Gasteiger partial charge on any atom is 0.316 e. The van der Waals surface area contributed by atoms with Crippen molar-refractivity contribution < 1.29 is 9.53 Å². The summed E-state index contributed by atoms with van der Waals surface area (Å²) in [7, 11) is 0. The molecule has 0 spiro atoms. The van der Waals surface area contributed by atoms with E-state index in [2.05, 4.69) is 38.3 Å². The van der Waals surface area contributed by atoms with E-state index in [4.69, 9.17) is 10.5 Å². The van der Waals surface area contributed by atoms with Gasteiger partial charge in [0.05, 0.1) is 17.2 Å². The van der Waals surface area contributed by atoms with Crippen molar-refractivity contribution in [3.05, 3.63) is 24.3 Å². The molecule has 20 heavy (non-hydrogen) atoms. The zero-order valence-electron chi connectivity index (χ0n) is 12.5. The third-order valence-corrected chi connectivity index (χ3v) is 3.57. The Morgan fingerprint density at radius 3 is 2.20 bits per heavy atom. The first-order chi connectivity index (χ1) is 9.18. The van der Waals surface area contributed by atoms with Gasteiger partial charge in [-0.05, 0) is 58.4 Å². The minimum Gasteiger partial charge on any atom is -0.379 e. The number of ether oxygens (including phenoxy) is 1. The van der Waals surface area contributed by atoms with E-state index >= 15 is 0 Å². The van der Waals surface area contributed by atoms with Crippen LogP contribution in [0, 0.1) is 0 Å². The van der Waals surface area contributed by atoms with Crippen LogP contribution in [-0.4, -0.2) is 23.3 Å². The number of hydrogen-bond acceptors (Lipinski definition) is 3. The van der Waals surface area contributed by atoms with Crippen LogP contribution in [0.15, 0.2) is 24.3 Å². The van der Waals surface area contributed by atoms with Crippen LogP contribution in [0.2, 0.25) is 0 Å². The molecule has 5 nitrogen and oxygen atoms in total. The molecule has 0 saturated carbocycles. The number of nitrogens with two attached hydrogens (primary N) is 1. The van der Waals surface area contributed by atoms with Crippen molar-refractivity contribution >= 4 is 17.4 Å². The molecular weight excluding hydrogens is 254 g/mol. The molecule has 2 amide bonds. The second kappa shape index (κ2) is 4.98. The normalized spacial score (nSPS) is 23.3. The lowest BCUT2D eigenvalue weighted by molar-refractivity contribution is -0.0662. The highest BCUT2D eigenvalue weighted by Crippen LogP contribution is 2.38. The zero-order valence-corrected chi connectivity index (χ0v) is 12.5. The van der Waals surface area contributed by atoms with Crippen molar-refractivity contribution in [3.8, 4) is 0 Å². The van der Waals surface area contributed by atoms with Crippen molar-refractivity contribution in [1.82, 2.24) is 0 Å². The van der Waals surface area contributed by atoms with Crippen LogP contribution in [-0.2, 0) is 4.74 Å². The average Bonchev–Trinajstić information content (AvgIpc) is 2.48. The number of hydrogen-bond donors (Lipinski definition) is 3. The molecule has 4 N–H and O–H groups in total. The predicted octanol–water partition coefficient (Wildman–Crippen LogP) is 2.94. The predicted molar refractivity (Wildman–Crippen MR) is 80.9 cm³/mol. The summed E-state index contributed by atoms with van der Waals surface area (Å²) in [4.78, 5) is 10.8. The standard InChI is InChI=1S/C15H23N3O2/c1-14(2)9-12(15(3,4)20-14)17-10-5-7-11(8-6-10)18-13(16)19/h5-8,12,17H,9H2,1-4H3,(H3,16,18,19). The van der Waals surface area contributed by atoms with E-state index in [0.29, 0.717) is 5.69 Å². The van der Waals surface area contributed by atoms with Gasteiger partial charge in [0.25, 0.3) is 0 Å². The molecule has 1 unspecified atom stereocenters. The topological polar surface area (TPSA) is 76.4 Å². The highest BCUT2D eigenvalue weighted by atomic mass is 16.5. The molecule has 0 aliphatic carbocycles. The van der Waals surface area contributed by atoms with Gasteiger partial charge in [-0.15, -0.1) is 0 Å². The van der Waals surface area contributed by atoms with E-state index in [0.717, 1.165) is 12.1 Å². The van der Waals surface area contributed by atoms with E-state index in [1.54, 1.807) is 0 Å². The SMILES string of the molecule is CC1(C)CC(Nc2ccc(NC(N)=O)cc2)C(C)(C)O1. The van der Waals surface area contributed by atoms with Gasteiger partial charge in [0.1, 0.15) is 0 Å². The fourth-order valence-corrected chi connectivity index (χ4v) is 2.78. The summed E-state index contributed by atoms with van der Waals surface area (Å²) in [6, 6.07) is 7.17. The minimum absolute atomic E-state index is 0.116. The van der Waals surface area contributed by atoms with E-state index in [1.807, 2.05) is 24.3 Å². The van der Waals surface area contributed by atoms with Crippen LogP contribution in [0.3, 0.4) is 0 Å². The number of anilines is 2. The molecule has 1 fully saturated rings. The van der Waals surface area contributed by atoms with Gasteiger partial charge in [0, 0.05) is 11.4 Å². The van der Waals surface area contributed by atoms with Gasteiger partial charge < -0.3 is 21.1 Å². The summed E-state index contributed by atoms with van der Waals surface area (Å²) < 4.78 is 6.06. The number of urea groups is 1. The molecule has 1 heterocycles. The molecule has 1 aromatic rings. The number of rotatable bonds is 3. The van der Waals surface area contributed by atoms with E-state index in [9.17, 15) is 4.79 Å². The second-order valence-corrected chi connectivity index (χ2v) is 6.43. The monoisotopic (exact) mass is 277 g/mol. The van der Waals surface area contributed by atoms with Crippen LogP contribution in [0.1, 0.15) is 34.1 Å². The van der Waals surface area contributed by atoms with Crippen LogP contribution in [0.5, 0.6) is 0 Å². The first-order valence-corrected chi connectivity index (χ1v) is 6.81. The summed E-state index contributed by atoms with van der Waals surface area (Å²) in [6.45, 7) is 8.41. The molecule has 0 aromatic heterocycles. The van der Waals surface area contributed by atoms with Crippen LogP contribution in [0.4, 0.5) is 16.2 Å². The Hall–Kier alpha value is -1.75. The smallest absolute Gasteiger partial charge is 0.316 e. The quantitative estimate of drug-likeness (QED) is 0.795. The number of carbonyl (C=O) groups is 1. The number of amides is 2. The van der Waals surface area contributed by atoms with E-state index in [-0.39, 0.29) is 17.2 Å². The Kier molecular flexibility index (Phi) is 3.65. The van der Waals surface area contributed by atoms with Crippen molar-refractivity contribution in [3.63, 3.8) is 0 Å². The lowest BCUT2D eigenvalue weighted by Crippen LogP contribution is -2.38. The van der Waals surface area contributed by atoms with Crippen LogP contribution < -0.4 is 16.4 Å². The van der Waals surface area contributed by atoms with Gasteiger partial charge in [0.2, 0.25) is 0 Å². The van der Waals surface area contributed by atoms with Crippen LogP contribution in [0.25, 0.3) is 0 Å². The average molecular weight is 277 g/mol. The molecule has 2 rings (SSSR count). The van der Waals surface area contributed by atoms with Gasteiger partial charge in [-0.25, -0.2) is 4.79 Å². The summed E-state index contributed by atoms with van der Waals surface area (Å²) in [5.41, 5.74) is 6.43. The maximum absolute atomic E-state index is 10.8. The Labute approximate surface area is 119 Å². The highest BCUT2D eigenvalue weighted by Gasteiger charge is 2.45. The lowest BCUT2D eigenvalue weighted by Gasteiger charge is -2.28. The molecule has 1 aromatic carbocycles. The molecule has 1 saturated heterocycles. The van der Waals surface area contributed by atoms with Crippen molar-refractivity contribution in [2.24, 2.45) is 5.73 Å². The molecule has 1 aliphatic heterocycles. The Bertz CT molecular complexity index is 494. The number of nitrogens with one attached hydrogen (secondary N) is 2. The summed E-state index contributed by atoms with van der Waals surface area (Å²) in [5.74, 6) is 0. The Morgan fingerprint density at radius 1 is 1.20 bits per heavy atom. The molecule has 0 bridgehead atoms. The van der Waals surface area contributed by atoms with Gasteiger partial charge in [-0.3, -0.25) is 0 Å². The van der Waals surface area contributed by atoms with Gasteiger partial charge in [0.15, 0.2) is 0 Å². The number of benzene rings is 1. The van der Waals surface area contributed by atoms with Crippen molar-refractivity contribution in [2.75, 3.05) is 10.6 Å². The minimum atomic E-state index is -0.558. The molecule has 1 aliphatic rings. The third kappa shape index (κ3) is 3.42. The zero-order chi connectivity index (χ0) is 15.0. The number of primary amides is 1. The summed E-state index contributed by atoms with van der Waals surface area (Å²) >= 11 is 0. The maximum atomic E-state index is 10.8. The second-order valence-electron chi connectivity index (χ2n) is 6.43. The molecule has 5 heteroatoms. The van der Waals surface area contributed by atoms with E-state index in [1.165, 1.54) is 0 Å². The largest absolute Gasteiger partial charge is 0.379 e. The first kappa shape index (κ1) is 14.7. The molecule has 110 valence electrons. The van der Waals surface area contributed by atoms with E-state index < -0.39 is 6.03 Å². The summed E-state index contributed by atoms with van der Waals surface area (Å²) in [5, 5.41) is 6.04. The van der Waals surface area contributed by atoms with Gasteiger partial charge in [-0.1, -0.05) is 0 Å². The molecular formula is C15H23N3O2. The fourth-order valence-electron chi connectivity index (χ4n) is 2.78. The van der Waals surface area contributed by atoms with Crippen LogP contribution >= 0.6 is 0 Å². The lowest BCUT2D eigenvalue weighted by atomic mass is 9.94.